The van der Waals surface area contributed by atoms with Crippen LogP contribution in [0.2, 0.25) is 5.15 Å². The van der Waals surface area contributed by atoms with Crippen LogP contribution >= 0.6 is 27.5 Å². The minimum absolute atomic E-state index is 0.310. The van der Waals surface area contributed by atoms with Gasteiger partial charge in [-0.15, -0.1) is 0 Å². The lowest BCUT2D eigenvalue weighted by Crippen LogP contribution is -1.99. The summed E-state index contributed by atoms with van der Waals surface area (Å²) in [6, 6.07) is 3.15. The second-order valence-electron chi connectivity index (χ2n) is 5.05. The van der Waals surface area contributed by atoms with E-state index in [0.717, 1.165) is 18.8 Å². The van der Waals surface area contributed by atoms with E-state index in [1.54, 1.807) is 6.07 Å². The van der Waals surface area contributed by atoms with E-state index in [0.29, 0.717) is 26.4 Å². The zero-order valence-corrected chi connectivity index (χ0v) is 12.6. The van der Waals surface area contributed by atoms with Crippen molar-refractivity contribution in [3.05, 3.63) is 33.4 Å². The minimum atomic E-state index is -0.364. The molecule has 0 spiro atoms. The van der Waals surface area contributed by atoms with Crippen LogP contribution in [0.5, 0.6) is 0 Å². The number of aromatic nitrogens is 2. The molecule has 2 nitrogen and oxygen atoms in total. The molecule has 1 aliphatic carbocycles. The average molecular weight is 344 g/mol. The lowest BCUT2D eigenvalue weighted by Gasteiger charge is -2.06. The van der Waals surface area contributed by atoms with Crippen molar-refractivity contribution in [1.82, 2.24) is 9.97 Å². The molecule has 0 radical (unpaired) electrons. The van der Waals surface area contributed by atoms with Crippen molar-refractivity contribution in [2.75, 3.05) is 0 Å². The molecule has 0 N–H and O–H groups in total. The molecule has 0 aliphatic heterocycles. The van der Waals surface area contributed by atoms with Gasteiger partial charge in [0.1, 0.15) is 16.5 Å². The number of rotatable bonds is 4. The Kier molecular flexibility index (Phi) is 3.72. The van der Waals surface area contributed by atoms with Gasteiger partial charge in [-0.25, -0.2) is 14.4 Å². The summed E-state index contributed by atoms with van der Waals surface area (Å²) in [5.41, 5.74) is 0.310. The first-order valence-electron chi connectivity index (χ1n) is 6.44. The SMILES string of the molecule is Fc1cc(Br)cc2c(Cl)nc(CCCC3CC3)nc12. The van der Waals surface area contributed by atoms with Crippen LogP contribution < -0.4 is 0 Å². The van der Waals surface area contributed by atoms with Crippen LogP contribution in [0.4, 0.5) is 4.39 Å². The van der Waals surface area contributed by atoms with E-state index < -0.39 is 0 Å². The summed E-state index contributed by atoms with van der Waals surface area (Å²) in [5.74, 6) is 1.17. The summed E-state index contributed by atoms with van der Waals surface area (Å²) < 4.78 is 14.5. The number of benzene rings is 1. The van der Waals surface area contributed by atoms with Crippen molar-refractivity contribution < 1.29 is 4.39 Å². The second kappa shape index (κ2) is 5.33. The molecule has 100 valence electrons. The Morgan fingerprint density at radius 1 is 1.32 bits per heavy atom. The third-order valence-electron chi connectivity index (χ3n) is 3.43. The van der Waals surface area contributed by atoms with E-state index in [2.05, 4.69) is 25.9 Å². The number of fused-ring (bicyclic) bond motifs is 1. The monoisotopic (exact) mass is 342 g/mol. The Labute approximate surface area is 124 Å². The summed E-state index contributed by atoms with van der Waals surface area (Å²) >= 11 is 9.37. The fourth-order valence-corrected chi connectivity index (χ4v) is 2.90. The highest BCUT2D eigenvalue weighted by Gasteiger charge is 2.20. The first-order valence-corrected chi connectivity index (χ1v) is 7.62. The van der Waals surface area contributed by atoms with E-state index in [1.165, 1.54) is 25.3 Å². The van der Waals surface area contributed by atoms with Crippen LogP contribution in [-0.4, -0.2) is 9.97 Å². The van der Waals surface area contributed by atoms with Gasteiger partial charge in [0, 0.05) is 16.3 Å². The number of hydrogen-bond donors (Lipinski definition) is 0. The molecular formula is C14H13BrClFN2. The second-order valence-corrected chi connectivity index (χ2v) is 6.32. The molecule has 0 bridgehead atoms. The smallest absolute Gasteiger partial charge is 0.150 e. The summed E-state index contributed by atoms with van der Waals surface area (Å²) in [6.45, 7) is 0. The third kappa shape index (κ3) is 3.06. The molecule has 0 atom stereocenters. The Morgan fingerprint density at radius 2 is 2.11 bits per heavy atom. The molecule has 1 aromatic heterocycles. The van der Waals surface area contributed by atoms with Gasteiger partial charge in [-0.2, -0.15) is 0 Å². The lowest BCUT2D eigenvalue weighted by atomic mass is 10.1. The lowest BCUT2D eigenvalue weighted by molar-refractivity contribution is 0.630. The highest BCUT2D eigenvalue weighted by Crippen LogP contribution is 2.34. The Bertz CT molecular complexity index is 628. The zero-order valence-electron chi connectivity index (χ0n) is 10.3. The van der Waals surface area contributed by atoms with E-state index in [-0.39, 0.29) is 5.82 Å². The van der Waals surface area contributed by atoms with Gasteiger partial charge in [-0.05, 0) is 24.5 Å². The molecule has 0 amide bonds. The van der Waals surface area contributed by atoms with Gasteiger partial charge in [0.05, 0.1) is 0 Å². The van der Waals surface area contributed by atoms with Gasteiger partial charge in [0.15, 0.2) is 5.82 Å². The first-order chi connectivity index (χ1) is 9.13. The molecule has 0 saturated heterocycles. The Hall–Kier alpha value is -0.740. The van der Waals surface area contributed by atoms with Crippen LogP contribution in [0.3, 0.4) is 0 Å². The van der Waals surface area contributed by atoms with Crippen molar-refractivity contribution in [2.45, 2.75) is 32.1 Å². The predicted molar refractivity (Wildman–Crippen MR) is 77.9 cm³/mol. The minimum Gasteiger partial charge on any atom is -0.230 e. The van der Waals surface area contributed by atoms with E-state index in [9.17, 15) is 4.39 Å². The molecule has 1 heterocycles. The van der Waals surface area contributed by atoms with Crippen LogP contribution in [-0.2, 0) is 6.42 Å². The summed E-state index contributed by atoms with van der Waals surface area (Å²) in [6.07, 6.45) is 5.72. The van der Waals surface area contributed by atoms with Gasteiger partial charge >= 0.3 is 0 Å². The highest BCUT2D eigenvalue weighted by molar-refractivity contribution is 9.10. The molecular weight excluding hydrogens is 331 g/mol. The largest absolute Gasteiger partial charge is 0.230 e. The maximum Gasteiger partial charge on any atom is 0.150 e. The van der Waals surface area contributed by atoms with E-state index >= 15 is 0 Å². The molecule has 1 aliphatic rings. The van der Waals surface area contributed by atoms with Gasteiger partial charge in [0.2, 0.25) is 0 Å². The third-order valence-corrected chi connectivity index (χ3v) is 4.17. The molecule has 3 rings (SSSR count). The topological polar surface area (TPSA) is 25.8 Å². The van der Waals surface area contributed by atoms with Gasteiger partial charge in [-0.3, -0.25) is 0 Å². The van der Waals surface area contributed by atoms with Crippen molar-refractivity contribution >= 4 is 38.4 Å². The zero-order chi connectivity index (χ0) is 13.4. The quantitative estimate of drug-likeness (QED) is 0.737. The predicted octanol–water partition coefficient (Wildman–Crippen LogP) is 4.92. The normalized spacial score (nSPS) is 15.1. The van der Waals surface area contributed by atoms with Crippen LogP contribution in [0.25, 0.3) is 10.9 Å². The summed E-state index contributed by atoms with van der Waals surface area (Å²) in [4.78, 5) is 8.57. The number of halogens is 3. The van der Waals surface area contributed by atoms with Crippen LogP contribution in [0.15, 0.2) is 16.6 Å². The fourth-order valence-electron chi connectivity index (χ4n) is 2.23. The van der Waals surface area contributed by atoms with Gasteiger partial charge in [-0.1, -0.05) is 46.8 Å². The molecule has 2 aromatic rings. The summed E-state index contributed by atoms with van der Waals surface area (Å²) in [7, 11) is 0. The Balaban J connectivity index is 1.89. The van der Waals surface area contributed by atoms with Crippen molar-refractivity contribution in [1.29, 1.82) is 0 Å². The maximum atomic E-state index is 13.9. The summed E-state index contributed by atoms with van der Waals surface area (Å²) in [5, 5.41) is 0.881. The molecule has 1 fully saturated rings. The Morgan fingerprint density at radius 3 is 2.84 bits per heavy atom. The van der Waals surface area contributed by atoms with Crippen LogP contribution in [0, 0.1) is 11.7 Å². The average Bonchev–Trinajstić information content (AvgIpc) is 3.15. The number of aryl methyl sites for hydroxylation is 1. The van der Waals surface area contributed by atoms with Crippen LogP contribution in [0.1, 0.15) is 31.5 Å². The van der Waals surface area contributed by atoms with Crippen molar-refractivity contribution in [3.63, 3.8) is 0 Å². The molecule has 1 aromatic carbocycles. The molecule has 0 unspecified atom stereocenters. The number of nitrogens with zero attached hydrogens (tertiary/aromatic N) is 2. The molecule has 5 heteroatoms. The molecule has 19 heavy (non-hydrogen) atoms. The molecule has 1 saturated carbocycles. The van der Waals surface area contributed by atoms with Crippen molar-refractivity contribution in [2.24, 2.45) is 5.92 Å². The maximum absolute atomic E-state index is 13.9. The van der Waals surface area contributed by atoms with E-state index in [4.69, 9.17) is 11.6 Å². The first kappa shape index (κ1) is 13.3. The number of hydrogen-bond acceptors (Lipinski definition) is 2. The van der Waals surface area contributed by atoms with E-state index in [1.807, 2.05) is 0 Å². The van der Waals surface area contributed by atoms with Gasteiger partial charge in [0.25, 0.3) is 0 Å². The highest BCUT2D eigenvalue weighted by atomic mass is 79.9. The fraction of sp³-hybridized carbons (Fsp3) is 0.429. The van der Waals surface area contributed by atoms with Crippen molar-refractivity contribution in [3.8, 4) is 0 Å². The van der Waals surface area contributed by atoms with Gasteiger partial charge < -0.3 is 0 Å². The standard InChI is InChI=1S/C14H13BrClFN2/c15-9-6-10-13(11(17)7-9)18-12(19-14(10)16)3-1-2-8-4-5-8/h6-8H,1-5H2.